The zero-order valence-corrected chi connectivity index (χ0v) is 20.0. The molecule has 0 bridgehead atoms. The van der Waals surface area contributed by atoms with Gasteiger partial charge in [-0.2, -0.15) is 4.72 Å². The van der Waals surface area contributed by atoms with Crippen molar-refractivity contribution in [2.24, 2.45) is 5.92 Å². The number of benzene rings is 2. The van der Waals surface area contributed by atoms with Crippen molar-refractivity contribution in [1.29, 1.82) is 0 Å². The van der Waals surface area contributed by atoms with E-state index in [0.717, 1.165) is 6.26 Å². The number of nitrogens with one attached hydrogen (secondary N) is 3. The van der Waals surface area contributed by atoms with E-state index in [-0.39, 0.29) is 27.9 Å². The summed E-state index contributed by atoms with van der Waals surface area (Å²) in [6.45, 7) is 3.40. The van der Waals surface area contributed by atoms with Crippen LogP contribution in [0.25, 0.3) is 0 Å². The minimum atomic E-state index is -3.99. The molecule has 0 aromatic heterocycles. The van der Waals surface area contributed by atoms with Gasteiger partial charge in [-0.25, -0.2) is 16.8 Å². The maximum absolute atomic E-state index is 12.9. The number of sulfonamides is 2. The number of hydrogen-bond donors (Lipinski definition) is 3. The molecule has 10 nitrogen and oxygen atoms in total. The highest BCUT2D eigenvalue weighted by Gasteiger charge is 2.28. The third-order valence-corrected chi connectivity index (χ3v) is 6.41. The lowest BCUT2D eigenvalue weighted by Crippen LogP contribution is -2.47. The van der Waals surface area contributed by atoms with Crippen LogP contribution >= 0.6 is 0 Å². The lowest BCUT2D eigenvalue weighted by atomic mass is 10.0. The highest BCUT2D eigenvalue weighted by atomic mass is 32.2. The normalized spacial score (nSPS) is 12.8. The number of rotatable bonds is 10. The van der Waals surface area contributed by atoms with Gasteiger partial charge >= 0.3 is 0 Å². The van der Waals surface area contributed by atoms with Gasteiger partial charge in [-0.05, 0) is 48.4 Å². The number of anilines is 2. The highest BCUT2D eigenvalue weighted by molar-refractivity contribution is 7.92. The fourth-order valence-electron chi connectivity index (χ4n) is 2.77. The largest absolute Gasteiger partial charge is 0.497 e. The van der Waals surface area contributed by atoms with Crippen molar-refractivity contribution in [1.82, 2.24) is 4.72 Å². The smallest absolute Gasteiger partial charge is 0.242 e. The first-order valence-corrected chi connectivity index (χ1v) is 12.9. The van der Waals surface area contributed by atoms with Crippen LogP contribution in [-0.4, -0.2) is 49.3 Å². The lowest BCUT2D eigenvalue weighted by molar-refractivity contribution is -0.118. The first-order chi connectivity index (χ1) is 14.9. The number of amides is 1. The summed E-state index contributed by atoms with van der Waals surface area (Å²) in [4.78, 5) is 12.9. The minimum Gasteiger partial charge on any atom is -0.497 e. The van der Waals surface area contributed by atoms with Crippen molar-refractivity contribution in [3.05, 3.63) is 42.5 Å². The van der Waals surface area contributed by atoms with Crippen LogP contribution in [0, 0.1) is 5.92 Å². The zero-order valence-electron chi connectivity index (χ0n) is 18.4. The molecule has 2 aromatic carbocycles. The van der Waals surface area contributed by atoms with Gasteiger partial charge < -0.3 is 14.8 Å². The fourth-order valence-corrected chi connectivity index (χ4v) is 4.67. The van der Waals surface area contributed by atoms with Gasteiger partial charge in [0.25, 0.3) is 0 Å². The van der Waals surface area contributed by atoms with Gasteiger partial charge in [0.05, 0.1) is 31.1 Å². The maximum Gasteiger partial charge on any atom is 0.242 e. The quantitative estimate of drug-likeness (QED) is 0.468. The number of methoxy groups -OCH3 is 2. The van der Waals surface area contributed by atoms with E-state index in [4.69, 9.17) is 9.47 Å². The molecule has 176 valence electrons. The predicted octanol–water partition coefficient (Wildman–Crippen LogP) is 2.02. The maximum atomic E-state index is 12.9. The summed E-state index contributed by atoms with van der Waals surface area (Å²) in [5, 5.41) is 2.62. The Labute approximate surface area is 188 Å². The van der Waals surface area contributed by atoms with Crippen molar-refractivity contribution in [3.8, 4) is 11.5 Å². The predicted molar refractivity (Wildman–Crippen MR) is 122 cm³/mol. The average Bonchev–Trinajstić information content (AvgIpc) is 2.71. The van der Waals surface area contributed by atoms with Crippen molar-refractivity contribution in [2.45, 2.75) is 24.8 Å². The molecule has 32 heavy (non-hydrogen) atoms. The van der Waals surface area contributed by atoms with Crippen molar-refractivity contribution < 1.29 is 31.1 Å². The molecule has 0 spiro atoms. The number of hydrogen-bond acceptors (Lipinski definition) is 7. The Morgan fingerprint density at radius 3 is 2.06 bits per heavy atom. The van der Waals surface area contributed by atoms with Gasteiger partial charge in [0, 0.05) is 5.69 Å². The van der Waals surface area contributed by atoms with Gasteiger partial charge in [-0.3, -0.25) is 9.52 Å². The topological polar surface area (TPSA) is 140 Å². The zero-order chi connectivity index (χ0) is 24.1. The molecular weight excluding hydrogens is 458 g/mol. The molecule has 0 aliphatic rings. The van der Waals surface area contributed by atoms with Crippen molar-refractivity contribution >= 4 is 37.3 Å². The number of carbonyl (C=O) groups excluding carboxylic acids is 1. The third kappa shape index (κ3) is 6.84. The molecule has 2 aromatic rings. The standard InChI is InChI=1S/C20H27N3O7S2/c1-13(2)19(23-32(27,28)16-9-7-15(29-3)8-10-16)20(24)21-14-6-11-18(30-4)17(12-14)22-31(5,25)26/h6-13,19,22-23H,1-5H3,(H,21,24)/t19-/m0/s1. The average molecular weight is 486 g/mol. The molecule has 1 atom stereocenters. The highest BCUT2D eigenvalue weighted by Crippen LogP contribution is 2.29. The first-order valence-electron chi connectivity index (χ1n) is 9.49. The van der Waals surface area contributed by atoms with E-state index in [9.17, 15) is 21.6 Å². The van der Waals surface area contributed by atoms with E-state index in [2.05, 4.69) is 14.8 Å². The second kappa shape index (κ2) is 10.2. The van der Waals surface area contributed by atoms with E-state index in [1.54, 1.807) is 13.8 Å². The van der Waals surface area contributed by atoms with E-state index in [1.807, 2.05) is 0 Å². The summed E-state index contributed by atoms with van der Waals surface area (Å²) in [6, 6.07) is 9.06. The number of ether oxygens (including phenoxy) is 2. The van der Waals surface area contributed by atoms with Crippen molar-refractivity contribution in [3.63, 3.8) is 0 Å². The van der Waals surface area contributed by atoms with Crippen LogP contribution in [-0.2, 0) is 24.8 Å². The first kappa shape index (κ1) is 25.4. The molecular formula is C20H27N3O7S2. The second-order valence-electron chi connectivity index (χ2n) is 7.30. The van der Waals surface area contributed by atoms with Gasteiger partial charge in [-0.15, -0.1) is 0 Å². The minimum absolute atomic E-state index is 0.0131. The van der Waals surface area contributed by atoms with Crippen LogP contribution in [0.5, 0.6) is 11.5 Å². The molecule has 0 aliphatic heterocycles. The van der Waals surface area contributed by atoms with Gasteiger partial charge in [0.15, 0.2) is 0 Å². The SMILES string of the molecule is COc1ccc(S(=O)(=O)N[C@H](C(=O)Nc2ccc(OC)c(NS(C)(=O)=O)c2)C(C)C)cc1. The molecule has 3 N–H and O–H groups in total. The van der Waals surface area contributed by atoms with E-state index < -0.39 is 32.0 Å². The van der Waals surface area contributed by atoms with Crippen LogP contribution in [0.4, 0.5) is 11.4 Å². The van der Waals surface area contributed by atoms with E-state index in [1.165, 1.54) is 56.7 Å². The fraction of sp³-hybridized carbons (Fsp3) is 0.350. The Kier molecular flexibility index (Phi) is 8.10. The Hall–Kier alpha value is -2.83. The van der Waals surface area contributed by atoms with E-state index in [0.29, 0.717) is 5.75 Å². The molecule has 0 radical (unpaired) electrons. The lowest BCUT2D eigenvalue weighted by Gasteiger charge is -2.22. The van der Waals surface area contributed by atoms with Crippen LogP contribution < -0.4 is 24.2 Å². The van der Waals surface area contributed by atoms with Gasteiger partial charge in [0.2, 0.25) is 26.0 Å². The van der Waals surface area contributed by atoms with Crippen molar-refractivity contribution in [2.75, 3.05) is 30.5 Å². The molecule has 0 fully saturated rings. The Morgan fingerprint density at radius 1 is 0.938 bits per heavy atom. The monoisotopic (exact) mass is 485 g/mol. The molecule has 0 heterocycles. The Morgan fingerprint density at radius 2 is 1.56 bits per heavy atom. The third-order valence-electron chi connectivity index (χ3n) is 4.36. The van der Waals surface area contributed by atoms with Gasteiger partial charge in [-0.1, -0.05) is 13.8 Å². The summed E-state index contributed by atoms with van der Waals surface area (Å²) < 4.78 is 63.6. The molecule has 0 aliphatic carbocycles. The second-order valence-corrected chi connectivity index (χ2v) is 10.8. The summed E-state index contributed by atoms with van der Waals surface area (Å²) in [5.41, 5.74) is 0.393. The van der Waals surface area contributed by atoms with Crippen LogP contribution in [0.2, 0.25) is 0 Å². The Bertz CT molecular complexity index is 1160. The summed E-state index contributed by atoms with van der Waals surface area (Å²) in [7, 11) is -4.73. The molecule has 1 amide bonds. The van der Waals surface area contributed by atoms with Crippen LogP contribution in [0.3, 0.4) is 0 Å². The molecule has 0 saturated carbocycles. The Balaban J connectivity index is 2.25. The van der Waals surface area contributed by atoms with Gasteiger partial charge in [0.1, 0.15) is 17.5 Å². The summed E-state index contributed by atoms with van der Waals surface area (Å²) in [6.07, 6.45) is 0.987. The molecule has 12 heteroatoms. The molecule has 0 unspecified atom stereocenters. The van der Waals surface area contributed by atoms with Crippen LogP contribution in [0.1, 0.15) is 13.8 Å². The summed E-state index contributed by atoms with van der Waals surface area (Å²) >= 11 is 0. The summed E-state index contributed by atoms with van der Waals surface area (Å²) in [5.74, 6) is -0.225. The van der Waals surface area contributed by atoms with E-state index >= 15 is 0 Å². The van der Waals surface area contributed by atoms with Crippen LogP contribution in [0.15, 0.2) is 47.4 Å². The molecule has 0 saturated heterocycles. The molecule has 2 rings (SSSR count). The number of carbonyl (C=O) groups is 1.